The maximum Gasteiger partial charge on any atom is 0.124 e. The molecule has 14 heavy (non-hydrogen) atoms. The van der Waals surface area contributed by atoms with Crippen LogP contribution in [0.2, 0.25) is 0 Å². The molecule has 0 saturated carbocycles. The first kappa shape index (κ1) is 11.0. The lowest BCUT2D eigenvalue weighted by Gasteiger charge is -2.02. The maximum absolute atomic E-state index is 12.7. The van der Waals surface area contributed by atoms with Gasteiger partial charge in [0.15, 0.2) is 0 Å². The summed E-state index contributed by atoms with van der Waals surface area (Å²) in [6.07, 6.45) is 0.623. The smallest absolute Gasteiger partial charge is 0.124 e. The van der Waals surface area contributed by atoms with Crippen LogP contribution in [0.15, 0.2) is 29.2 Å². The van der Waals surface area contributed by atoms with Crippen LogP contribution in [-0.2, 0) is 0 Å². The molecule has 0 spiro atoms. The second-order valence-electron chi connectivity index (χ2n) is 2.83. The number of thioether (sulfide) groups is 1. The molecule has 0 radical (unpaired) electrons. The van der Waals surface area contributed by atoms with E-state index in [9.17, 15) is 4.39 Å². The number of nitrogens with two attached hydrogens (primary N) is 1. The van der Waals surface area contributed by atoms with Crippen LogP contribution in [0, 0.1) is 17.1 Å². The van der Waals surface area contributed by atoms with Crippen molar-refractivity contribution in [3.05, 3.63) is 30.1 Å². The molecule has 0 heterocycles. The van der Waals surface area contributed by atoms with Gasteiger partial charge in [-0.3, -0.25) is 0 Å². The Morgan fingerprint density at radius 3 is 3.00 bits per heavy atom. The highest BCUT2D eigenvalue weighted by molar-refractivity contribution is 7.99. The van der Waals surface area contributed by atoms with E-state index in [0.717, 1.165) is 10.6 Å². The van der Waals surface area contributed by atoms with Crippen LogP contribution in [0.25, 0.3) is 0 Å². The van der Waals surface area contributed by atoms with E-state index in [1.165, 1.54) is 23.9 Å². The molecule has 0 amide bonds. The number of hydrogen-bond donors (Lipinski definition) is 1. The third kappa shape index (κ3) is 3.77. The summed E-state index contributed by atoms with van der Waals surface area (Å²) in [5, 5.41) is 8.43. The minimum Gasteiger partial charge on any atom is -0.316 e. The highest BCUT2D eigenvalue weighted by atomic mass is 32.2. The van der Waals surface area contributed by atoms with Gasteiger partial charge < -0.3 is 5.73 Å². The molecule has 0 fully saturated rings. The molecule has 1 unspecified atom stereocenters. The van der Waals surface area contributed by atoms with Crippen LogP contribution in [0.1, 0.15) is 6.42 Å². The fraction of sp³-hybridized carbons (Fsp3) is 0.300. The van der Waals surface area contributed by atoms with Crippen molar-refractivity contribution in [1.82, 2.24) is 0 Å². The van der Waals surface area contributed by atoms with Gasteiger partial charge in [0.05, 0.1) is 12.1 Å². The normalized spacial score (nSPS) is 12.1. The van der Waals surface area contributed by atoms with Gasteiger partial charge in [-0.1, -0.05) is 6.07 Å². The molecular weight excluding hydrogens is 199 g/mol. The van der Waals surface area contributed by atoms with Crippen LogP contribution < -0.4 is 5.73 Å². The number of benzene rings is 1. The summed E-state index contributed by atoms with van der Waals surface area (Å²) < 4.78 is 12.7. The minimum atomic E-state index is -0.420. The zero-order valence-corrected chi connectivity index (χ0v) is 8.43. The van der Waals surface area contributed by atoms with Crippen molar-refractivity contribution in [2.24, 2.45) is 5.73 Å². The second-order valence-corrected chi connectivity index (χ2v) is 4.00. The van der Waals surface area contributed by atoms with Crippen molar-refractivity contribution < 1.29 is 4.39 Å². The highest BCUT2D eigenvalue weighted by Gasteiger charge is 2.00. The summed E-state index contributed by atoms with van der Waals surface area (Å²) >= 11 is 1.51. The predicted molar refractivity (Wildman–Crippen MR) is 55.3 cm³/mol. The van der Waals surface area contributed by atoms with Crippen molar-refractivity contribution in [3.63, 3.8) is 0 Å². The van der Waals surface area contributed by atoms with Crippen molar-refractivity contribution in [3.8, 4) is 6.07 Å². The Morgan fingerprint density at radius 1 is 1.57 bits per heavy atom. The Bertz CT molecular complexity index is 335. The molecule has 1 aromatic carbocycles. The van der Waals surface area contributed by atoms with Gasteiger partial charge in [0.1, 0.15) is 5.82 Å². The Labute approximate surface area is 86.9 Å². The largest absolute Gasteiger partial charge is 0.316 e. The number of halogens is 1. The number of nitrogens with zero attached hydrogens (tertiary/aromatic N) is 1. The molecule has 0 aliphatic carbocycles. The van der Waals surface area contributed by atoms with E-state index in [1.54, 1.807) is 6.07 Å². The molecule has 4 heteroatoms. The first-order valence-electron chi connectivity index (χ1n) is 4.26. The third-order valence-electron chi connectivity index (χ3n) is 1.66. The second kappa shape index (κ2) is 5.63. The number of hydrogen-bond acceptors (Lipinski definition) is 3. The highest BCUT2D eigenvalue weighted by Crippen LogP contribution is 2.19. The first-order valence-corrected chi connectivity index (χ1v) is 5.24. The Hall–Kier alpha value is -1.05. The van der Waals surface area contributed by atoms with Gasteiger partial charge in [-0.25, -0.2) is 4.39 Å². The molecule has 1 aromatic rings. The van der Waals surface area contributed by atoms with E-state index in [0.29, 0.717) is 6.42 Å². The van der Waals surface area contributed by atoms with Crippen molar-refractivity contribution >= 4 is 11.8 Å². The van der Waals surface area contributed by atoms with E-state index < -0.39 is 6.04 Å². The monoisotopic (exact) mass is 210 g/mol. The molecule has 2 nitrogen and oxygen atoms in total. The summed E-state index contributed by atoms with van der Waals surface area (Å²) in [6, 6.07) is 7.92. The molecular formula is C10H11FN2S. The number of nitriles is 1. The van der Waals surface area contributed by atoms with Gasteiger partial charge in [-0.15, -0.1) is 11.8 Å². The van der Waals surface area contributed by atoms with E-state index >= 15 is 0 Å². The molecule has 0 saturated heterocycles. The average molecular weight is 210 g/mol. The van der Waals surface area contributed by atoms with Crippen LogP contribution in [0.4, 0.5) is 4.39 Å². The van der Waals surface area contributed by atoms with E-state index in [-0.39, 0.29) is 5.82 Å². The van der Waals surface area contributed by atoms with Gasteiger partial charge in [0.2, 0.25) is 0 Å². The van der Waals surface area contributed by atoms with E-state index in [1.807, 2.05) is 12.1 Å². The molecule has 1 rings (SSSR count). The zero-order valence-electron chi connectivity index (χ0n) is 7.61. The van der Waals surface area contributed by atoms with Crippen LogP contribution in [0.5, 0.6) is 0 Å². The average Bonchev–Trinajstić information content (AvgIpc) is 2.17. The quantitative estimate of drug-likeness (QED) is 0.775. The van der Waals surface area contributed by atoms with Crippen LogP contribution >= 0.6 is 11.8 Å². The maximum atomic E-state index is 12.7. The molecule has 0 aromatic heterocycles. The van der Waals surface area contributed by atoms with Gasteiger partial charge in [-0.2, -0.15) is 5.26 Å². The predicted octanol–water partition coefficient (Wildman–Crippen LogP) is 2.16. The van der Waals surface area contributed by atoms with Crippen molar-refractivity contribution in [2.45, 2.75) is 17.4 Å². The third-order valence-corrected chi connectivity index (χ3v) is 2.69. The first-order chi connectivity index (χ1) is 6.72. The molecule has 74 valence electrons. The minimum absolute atomic E-state index is 0.236. The van der Waals surface area contributed by atoms with Crippen LogP contribution in [-0.4, -0.2) is 11.8 Å². The van der Waals surface area contributed by atoms with Gasteiger partial charge in [0.25, 0.3) is 0 Å². The fourth-order valence-corrected chi connectivity index (χ4v) is 1.90. The van der Waals surface area contributed by atoms with Crippen molar-refractivity contribution in [1.29, 1.82) is 5.26 Å². The standard InChI is InChI=1S/C10H11FN2S/c11-8-2-1-3-10(6-8)14-5-4-9(13)7-12/h1-3,6,9H,4-5,13H2. The van der Waals surface area contributed by atoms with Crippen molar-refractivity contribution in [2.75, 3.05) is 5.75 Å². The molecule has 1 atom stereocenters. The SMILES string of the molecule is N#CC(N)CCSc1cccc(F)c1. The Kier molecular flexibility index (Phi) is 4.44. The lowest BCUT2D eigenvalue weighted by molar-refractivity contribution is 0.624. The Morgan fingerprint density at radius 2 is 2.36 bits per heavy atom. The summed E-state index contributed by atoms with van der Waals surface area (Å²) in [5.74, 6) is 0.498. The summed E-state index contributed by atoms with van der Waals surface area (Å²) in [7, 11) is 0. The zero-order chi connectivity index (χ0) is 10.4. The molecule has 0 aliphatic heterocycles. The molecule has 2 N–H and O–H groups in total. The van der Waals surface area contributed by atoms with Crippen LogP contribution in [0.3, 0.4) is 0 Å². The summed E-state index contributed by atoms with van der Waals surface area (Å²) in [4.78, 5) is 0.870. The van der Waals surface area contributed by atoms with Gasteiger partial charge in [-0.05, 0) is 24.6 Å². The molecule has 0 bridgehead atoms. The molecule has 0 aliphatic rings. The van der Waals surface area contributed by atoms with Gasteiger partial charge >= 0.3 is 0 Å². The lowest BCUT2D eigenvalue weighted by Crippen LogP contribution is -2.17. The number of rotatable bonds is 4. The van der Waals surface area contributed by atoms with E-state index in [2.05, 4.69) is 0 Å². The fourth-order valence-electron chi connectivity index (χ4n) is 0.925. The summed E-state index contributed by atoms with van der Waals surface area (Å²) in [5.41, 5.74) is 5.42. The lowest BCUT2D eigenvalue weighted by atomic mass is 10.3. The Balaban J connectivity index is 2.36. The summed E-state index contributed by atoms with van der Waals surface area (Å²) in [6.45, 7) is 0. The van der Waals surface area contributed by atoms with E-state index in [4.69, 9.17) is 11.0 Å². The van der Waals surface area contributed by atoms with Gasteiger partial charge in [0, 0.05) is 10.6 Å². The topological polar surface area (TPSA) is 49.8 Å².